The van der Waals surface area contributed by atoms with E-state index in [4.69, 9.17) is 4.74 Å². The predicted molar refractivity (Wildman–Crippen MR) is 69.1 cm³/mol. The van der Waals surface area contributed by atoms with Crippen molar-refractivity contribution in [1.82, 2.24) is 5.32 Å². The number of alkyl carbamates (subject to hydrolysis) is 1. The van der Waals surface area contributed by atoms with E-state index in [-0.39, 0.29) is 12.5 Å². The van der Waals surface area contributed by atoms with Gasteiger partial charge >= 0.3 is 6.09 Å². The fourth-order valence-electron chi connectivity index (χ4n) is 1.47. The molecule has 0 unspecified atom stereocenters. The summed E-state index contributed by atoms with van der Waals surface area (Å²) in [6.07, 6.45) is 1.01. The highest BCUT2D eigenvalue weighted by Gasteiger charge is 2.17. The minimum atomic E-state index is -0.559. The zero-order chi connectivity index (χ0) is 13.4. The van der Waals surface area contributed by atoms with Crippen molar-refractivity contribution in [2.24, 2.45) is 5.92 Å². The summed E-state index contributed by atoms with van der Waals surface area (Å²) in [5.74, 6) is 0.103. The zero-order valence-electron chi connectivity index (χ0n) is 10.8. The van der Waals surface area contributed by atoms with Crippen LogP contribution in [0.25, 0.3) is 0 Å². The number of benzene rings is 1. The molecular formula is C14H19NO3. The topological polar surface area (TPSA) is 55.4 Å². The highest BCUT2D eigenvalue weighted by Crippen LogP contribution is 2.06. The third-order valence-electron chi connectivity index (χ3n) is 2.90. The Hall–Kier alpha value is -1.84. The number of carbonyl (C=O) groups is 2. The number of aldehydes is 1. The van der Waals surface area contributed by atoms with E-state index in [1.54, 1.807) is 0 Å². The fraction of sp³-hybridized carbons (Fsp3) is 0.429. The molecule has 4 nitrogen and oxygen atoms in total. The Balaban J connectivity index is 2.39. The van der Waals surface area contributed by atoms with Crippen LogP contribution in [0.15, 0.2) is 30.3 Å². The van der Waals surface area contributed by atoms with Crippen molar-refractivity contribution in [3.8, 4) is 0 Å². The van der Waals surface area contributed by atoms with Gasteiger partial charge in [0.1, 0.15) is 12.9 Å². The van der Waals surface area contributed by atoms with Crippen molar-refractivity contribution >= 4 is 12.4 Å². The molecule has 0 aliphatic heterocycles. The molecule has 0 radical (unpaired) electrons. The van der Waals surface area contributed by atoms with Crippen molar-refractivity contribution < 1.29 is 14.3 Å². The highest BCUT2D eigenvalue weighted by atomic mass is 16.5. The van der Waals surface area contributed by atoms with Crippen LogP contribution in [0.2, 0.25) is 0 Å². The maximum atomic E-state index is 11.5. The van der Waals surface area contributed by atoms with Crippen LogP contribution in [-0.4, -0.2) is 18.4 Å². The number of carbonyl (C=O) groups excluding carboxylic acids is 2. The van der Waals surface area contributed by atoms with Crippen LogP contribution < -0.4 is 5.32 Å². The van der Waals surface area contributed by atoms with E-state index in [0.717, 1.165) is 18.3 Å². The number of hydrogen-bond donors (Lipinski definition) is 1. The first kappa shape index (κ1) is 14.2. The molecule has 0 bridgehead atoms. The molecule has 98 valence electrons. The third-order valence-corrected chi connectivity index (χ3v) is 2.90. The Morgan fingerprint density at radius 1 is 1.39 bits per heavy atom. The van der Waals surface area contributed by atoms with Crippen molar-refractivity contribution in [2.75, 3.05) is 0 Å². The van der Waals surface area contributed by atoms with Gasteiger partial charge in [0.05, 0.1) is 6.04 Å². The molecule has 1 N–H and O–H groups in total. The molecule has 0 heterocycles. The van der Waals surface area contributed by atoms with Crippen LogP contribution in [-0.2, 0) is 16.1 Å². The van der Waals surface area contributed by atoms with Crippen LogP contribution >= 0.6 is 0 Å². The number of rotatable bonds is 6. The van der Waals surface area contributed by atoms with Crippen LogP contribution in [0.5, 0.6) is 0 Å². The zero-order valence-corrected chi connectivity index (χ0v) is 10.8. The lowest BCUT2D eigenvalue weighted by Crippen LogP contribution is -2.40. The van der Waals surface area contributed by atoms with E-state index in [1.165, 1.54) is 0 Å². The monoisotopic (exact) mass is 249 g/mol. The first-order valence-corrected chi connectivity index (χ1v) is 6.09. The average Bonchev–Trinajstić information content (AvgIpc) is 2.42. The second-order valence-corrected chi connectivity index (χ2v) is 4.25. The first-order valence-electron chi connectivity index (χ1n) is 6.09. The molecule has 0 saturated carbocycles. The van der Waals surface area contributed by atoms with Gasteiger partial charge in [0.15, 0.2) is 0 Å². The van der Waals surface area contributed by atoms with Gasteiger partial charge in [-0.25, -0.2) is 4.79 Å². The molecule has 1 aromatic carbocycles. The van der Waals surface area contributed by atoms with E-state index in [9.17, 15) is 9.59 Å². The van der Waals surface area contributed by atoms with Crippen molar-refractivity contribution in [3.63, 3.8) is 0 Å². The Bertz CT molecular complexity index is 378. The van der Waals surface area contributed by atoms with E-state index in [2.05, 4.69) is 5.32 Å². The third kappa shape index (κ3) is 4.57. The summed E-state index contributed by atoms with van der Waals surface area (Å²) in [7, 11) is 0. The number of amides is 1. The second kappa shape index (κ2) is 7.48. The Labute approximate surface area is 107 Å². The highest BCUT2D eigenvalue weighted by molar-refractivity contribution is 5.73. The van der Waals surface area contributed by atoms with Crippen molar-refractivity contribution in [3.05, 3.63) is 35.9 Å². The largest absolute Gasteiger partial charge is 0.445 e. The SMILES string of the molecule is CC[C@H](C)[C@@H](C=O)NC(=O)OCc1ccccc1. The number of hydrogen-bond acceptors (Lipinski definition) is 3. The van der Waals surface area contributed by atoms with Gasteiger partial charge in [0.2, 0.25) is 0 Å². The molecule has 0 aliphatic carbocycles. The normalized spacial score (nSPS) is 13.4. The Kier molecular flexibility index (Phi) is 5.91. The summed E-state index contributed by atoms with van der Waals surface area (Å²) >= 11 is 0. The summed E-state index contributed by atoms with van der Waals surface area (Å²) in [4.78, 5) is 22.4. The standard InChI is InChI=1S/C14H19NO3/c1-3-11(2)13(9-16)15-14(17)18-10-12-7-5-4-6-8-12/h4-9,11,13H,3,10H2,1-2H3,(H,15,17)/t11-,13+/m0/s1. The first-order chi connectivity index (χ1) is 8.67. The number of nitrogens with one attached hydrogen (secondary N) is 1. The number of ether oxygens (including phenoxy) is 1. The summed E-state index contributed by atoms with van der Waals surface area (Å²) in [5, 5.41) is 2.56. The van der Waals surface area contributed by atoms with Gasteiger partial charge in [-0.05, 0) is 11.5 Å². The summed E-state index contributed by atoms with van der Waals surface area (Å²) in [5.41, 5.74) is 0.916. The Morgan fingerprint density at radius 3 is 2.61 bits per heavy atom. The van der Waals surface area contributed by atoms with Crippen molar-refractivity contribution in [2.45, 2.75) is 32.9 Å². The van der Waals surface area contributed by atoms with E-state index >= 15 is 0 Å². The average molecular weight is 249 g/mol. The lowest BCUT2D eigenvalue weighted by atomic mass is 10.0. The summed E-state index contributed by atoms with van der Waals surface area (Å²) in [6.45, 7) is 4.09. The molecule has 0 aromatic heterocycles. The molecule has 1 aromatic rings. The molecule has 0 saturated heterocycles. The van der Waals surface area contributed by atoms with Gasteiger partial charge < -0.3 is 14.8 Å². The van der Waals surface area contributed by atoms with Crippen LogP contribution in [0.1, 0.15) is 25.8 Å². The van der Waals surface area contributed by atoms with Crippen molar-refractivity contribution in [1.29, 1.82) is 0 Å². The maximum absolute atomic E-state index is 11.5. The lowest BCUT2D eigenvalue weighted by molar-refractivity contribution is -0.110. The molecule has 18 heavy (non-hydrogen) atoms. The molecule has 0 aliphatic rings. The molecular weight excluding hydrogens is 230 g/mol. The van der Waals surface area contributed by atoms with Gasteiger partial charge in [-0.1, -0.05) is 50.6 Å². The van der Waals surface area contributed by atoms with E-state index in [1.807, 2.05) is 44.2 Å². The van der Waals surface area contributed by atoms with Gasteiger partial charge in [0, 0.05) is 0 Å². The van der Waals surface area contributed by atoms with Crippen LogP contribution in [0, 0.1) is 5.92 Å². The van der Waals surface area contributed by atoms with E-state index in [0.29, 0.717) is 0 Å². The quantitative estimate of drug-likeness (QED) is 0.788. The minimum absolute atomic E-state index is 0.103. The maximum Gasteiger partial charge on any atom is 0.408 e. The van der Waals surface area contributed by atoms with Gasteiger partial charge in [0.25, 0.3) is 0 Å². The molecule has 0 spiro atoms. The van der Waals surface area contributed by atoms with Crippen LogP contribution in [0.3, 0.4) is 0 Å². The molecule has 1 rings (SSSR count). The minimum Gasteiger partial charge on any atom is -0.445 e. The molecule has 1 amide bonds. The summed E-state index contributed by atoms with van der Waals surface area (Å²) < 4.78 is 5.05. The predicted octanol–water partition coefficient (Wildman–Crippen LogP) is 2.53. The van der Waals surface area contributed by atoms with Gasteiger partial charge in [-0.15, -0.1) is 0 Å². The smallest absolute Gasteiger partial charge is 0.408 e. The Morgan fingerprint density at radius 2 is 2.06 bits per heavy atom. The second-order valence-electron chi connectivity index (χ2n) is 4.25. The van der Waals surface area contributed by atoms with E-state index < -0.39 is 12.1 Å². The summed E-state index contributed by atoms with van der Waals surface area (Å²) in [6, 6.07) is 8.92. The van der Waals surface area contributed by atoms with Gasteiger partial charge in [-0.3, -0.25) is 0 Å². The molecule has 2 atom stereocenters. The fourth-order valence-corrected chi connectivity index (χ4v) is 1.47. The lowest BCUT2D eigenvalue weighted by Gasteiger charge is -2.18. The molecule has 0 fully saturated rings. The molecule has 4 heteroatoms. The van der Waals surface area contributed by atoms with Crippen LogP contribution in [0.4, 0.5) is 4.79 Å². The van der Waals surface area contributed by atoms with Gasteiger partial charge in [-0.2, -0.15) is 0 Å².